The lowest BCUT2D eigenvalue weighted by molar-refractivity contribution is -0.139. The van der Waals surface area contributed by atoms with Crippen LogP contribution in [0.2, 0.25) is 5.02 Å². The molecule has 0 spiro atoms. The second-order valence-corrected chi connectivity index (χ2v) is 9.21. The summed E-state index contributed by atoms with van der Waals surface area (Å²) in [5.74, 6) is 0.0167. The molecular weight excluding hydrogens is 444 g/mol. The summed E-state index contributed by atoms with van der Waals surface area (Å²) in [7, 11) is 1.65. The van der Waals surface area contributed by atoms with Crippen molar-refractivity contribution in [1.29, 1.82) is 0 Å². The molecule has 0 saturated carbocycles. The van der Waals surface area contributed by atoms with Crippen molar-refractivity contribution >= 4 is 29.5 Å². The highest BCUT2D eigenvalue weighted by Gasteiger charge is 2.38. The highest BCUT2D eigenvalue weighted by Crippen LogP contribution is 2.34. The summed E-state index contributed by atoms with van der Waals surface area (Å²) < 4.78 is 5.37. The molecule has 2 heterocycles. The van der Waals surface area contributed by atoms with Gasteiger partial charge in [0.25, 0.3) is 0 Å². The number of piperazine rings is 1. The lowest BCUT2D eigenvalue weighted by Gasteiger charge is -2.39. The molecule has 0 aromatic heterocycles. The number of amides is 3. The van der Waals surface area contributed by atoms with E-state index in [1.165, 1.54) is 4.90 Å². The molecule has 0 aliphatic carbocycles. The summed E-state index contributed by atoms with van der Waals surface area (Å²) in [6, 6.07) is 6.14. The van der Waals surface area contributed by atoms with E-state index < -0.39 is 12.0 Å². The van der Waals surface area contributed by atoms with Gasteiger partial charge in [-0.25, -0.2) is 9.59 Å². The third kappa shape index (κ3) is 5.86. The van der Waals surface area contributed by atoms with Gasteiger partial charge in [-0.1, -0.05) is 43.6 Å². The van der Waals surface area contributed by atoms with Crippen LogP contribution in [0.3, 0.4) is 0 Å². The third-order valence-electron chi connectivity index (χ3n) is 5.97. The minimum absolute atomic E-state index is 0.170. The summed E-state index contributed by atoms with van der Waals surface area (Å²) >= 11 is 6.42. The number of carbonyl (C=O) groups is 3. The fraction of sp³-hybridized carbons (Fsp3) is 0.542. The Morgan fingerprint density at radius 1 is 1.18 bits per heavy atom. The van der Waals surface area contributed by atoms with Crippen LogP contribution in [0.15, 0.2) is 35.5 Å². The van der Waals surface area contributed by atoms with Crippen LogP contribution in [0.5, 0.6) is 0 Å². The van der Waals surface area contributed by atoms with Crippen LogP contribution in [0.4, 0.5) is 4.79 Å². The van der Waals surface area contributed by atoms with E-state index in [1.807, 2.05) is 24.8 Å². The minimum Gasteiger partial charge on any atom is -0.463 e. The number of nitrogens with one attached hydrogen (secondary N) is 1. The van der Waals surface area contributed by atoms with E-state index >= 15 is 0 Å². The molecule has 2 aliphatic rings. The normalized spacial score (nSPS) is 19.7. The summed E-state index contributed by atoms with van der Waals surface area (Å²) in [6.07, 6.45) is 0.542. The molecule has 0 unspecified atom stereocenters. The van der Waals surface area contributed by atoms with Crippen LogP contribution in [0.25, 0.3) is 0 Å². The average molecular weight is 477 g/mol. The summed E-state index contributed by atoms with van der Waals surface area (Å²) in [4.78, 5) is 43.8. The Hall–Kier alpha value is -2.58. The smallest absolute Gasteiger partial charge is 0.338 e. The van der Waals surface area contributed by atoms with E-state index in [4.69, 9.17) is 16.3 Å². The number of likely N-dealkylation sites (N-methyl/N-ethyl adjacent to an activating group) is 1. The van der Waals surface area contributed by atoms with Gasteiger partial charge < -0.3 is 15.0 Å². The Kier molecular flexibility index (Phi) is 8.37. The van der Waals surface area contributed by atoms with Crippen molar-refractivity contribution in [1.82, 2.24) is 20.0 Å². The third-order valence-corrected chi connectivity index (χ3v) is 6.31. The highest BCUT2D eigenvalue weighted by atomic mass is 35.5. The summed E-state index contributed by atoms with van der Waals surface area (Å²) in [5, 5.41) is 3.36. The number of nitrogens with zero attached hydrogens (tertiary/aromatic N) is 3. The fourth-order valence-electron chi connectivity index (χ4n) is 4.19. The molecule has 1 atom stereocenters. The van der Waals surface area contributed by atoms with Crippen molar-refractivity contribution in [3.05, 3.63) is 46.1 Å². The monoisotopic (exact) mass is 476 g/mol. The van der Waals surface area contributed by atoms with E-state index in [1.54, 1.807) is 32.2 Å². The first kappa shape index (κ1) is 25.1. The topological polar surface area (TPSA) is 82.2 Å². The Bertz CT molecular complexity index is 925. The average Bonchev–Trinajstić information content (AvgIpc) is 2.77. The number of benzene rings is 1. The van der Waals surface area contributed by atoms with E-state index in [0.29, 0.717) is 66.9 Å². The second kappa shape index (κ2) is 11.0. The van der Waals surface area contributed by atoms with E-state index in [9.17, 15) is 14.4 Å². The zero-order valence-corrected chi connectivity index (χ0v) is 20.5. The first-order chi connectivity index (χ1) is 15.7. The molecule has 1 fully saturated rings. The van der Waals surface area contributed by atoms with Crippen molar-refractivity contribution in [3.8, 4) is 0 Å². The van der Waals surface area contributed by atoms with Crippen molar-refractivity contribution < 1.29 is 19.1 Å². The van der Waals surface area contributed by atoms with Gasteiger partial charge in [0.05, 0.1) is 18.2 Å². The van der Waals surface area contributed by atoms with Crippen molar-refractivity contribution in [3.63, 3.8) is 0 Å². The van der Waals surface area contributed by atoms with Gasteiger partial charge in [-0.15, -0.1) is 0 Å². The van der Waals surface area contributed by atoms with Gasteiger partial charge in [0.1, 0.15) is 0 Å². The maximum absolute atomic E-state index is 13.1. The minimum atomic E-state index is -0.703. The van der Waals surface area contributed by atoms with Crippen molar-refractivity contribution in [2.45, 2.75) is 33.2 Å². The first-order valence-corrected chi connectivity index (χ1v) is 11.8. The summed E-state index contributed by atoms with van der Waals surface area (Å²) in [6.45, 7) is 9.01. The molecular formula is C24H33ClN4O4. The predicted octanol–water partition coefficient (Wildman–Crippen LogP) is 3.04. The van der Waals surface area contributed by atoms with E-state index in [-0.39, 0.29) is 18.5 Å². The number of rotatable bonds is 7. The van der Waals surface area contributed by atoms with Gasteiger partial charge in [-0.05, 0) is 24.5 Å². The Morgan fingerprint density at radius 2 is 1.85 bits per heavy atom. The van der Waals surface area contributed by atoms with Crippen LogP contribution < -0.4 is 5.32 Å². The maximum Gasteiger partial charge on any atom is 0.338 e. The lowest BCUT2D eigenvalue weighted by atomic mass is 9.94. The number of urea groups is 1. The number of hydrogen-bond donors (Lipinski definition) is 1. The molecule has 9 heteroatoms. The van der Waals surface area contributed by atoms with E-state index in [0.717, 1.165) is 0 Å². The Labute approximate surface area is 200 Å². The van der Waals surface area contributed by atoms with Crippen LogP contribution >= 0.6 is 11.6 Å². The van der Waals surface area contributed by atoms with Crippen LogP contribution in [0.1, 0.15) is 38.8 Å². The highest BCUT2D eigenvalue weighted by molar-refractivity contribution is 6.31. The quantitative estimate of drug-likeness (QED) is 0.612. The van der Waals surface area contributed by atoms with Gasteiger partial charge in [0.2, 0.25) is 5.91 Å². The number of ether oxygens (including phenoxy) is 1. The summed E-state index contributed by atoms with van der Waals surface area (Å²) in [5.41, 5.74) is 1.61. The molecule has 3 amide bonds. The standard InChI is InChI=1S/C24H33ClN4O4/c1-5-33-23(31)21-19(15-28-10-12-29(13-11-28)20(30)14-16(2)3)27(4)24(32)26-22(21)17-8-6-7-9-18(17)25/h6-9,16,22H,5,10-15H2,1-4H3,(H,26,32)/t22-/m1/s1. The Morgan fingerprint density at radius 3 is 2.45 bits per heavy atom. The predicted molar refractivity (Wildman–Crippen MR) is 127 cm³/mol. The van der Waals surface area contributed by atoms with Gasteiger partial charge in [0, 0.05) is 56.9 Å². The molecule has 1 aromatic rings. The van der Waals surface area contributed by atoms with Crippen molar-refractivity contribution in [2.75, 3.05) is 46.4 Å². The Balaban J connectivity index is 1.88. The molecule has 1 N–H and O–H groups in total. The molecule has 0 bridgehead atoms. The second-order valence-electron chi connectivity index (χ2n) is 8.80. The van der Waals surface area contributed by atoms with Crippen LogP contribution in [0, 0.1) is 5.92 Å². The maximum atomic E-state index is 13.1. The fourth-order valence-corrected chi connectivity index (χ4v) is 4.43. The van der Waals surface area contributed by atoms with Crippen molar-refractivity contribution in [2.24, 2.45) is 5.92 Å². The number of halogens is 1. The van der Waals surface area contributed by atoms with Gasteiger partial charge in [-0.3, -0.25) is 14.6 Å². The zero-order valence-electron chi connectivity index (χ0n) is 19.8. The number of esters is 1. The molecule has 2 aliphatic heterocycles. The molecule has 33 heavy (non-hydrogen) atoms. The van der Waals surface area contributed by atoms with Gasteiger partial charge >= 0.3 is 12.0 Å². The SMILES string of the molecule is CCOC(=O)C1=C(CN2CCN(C(=O)CC(C)C)CC2)N(C)C(=O)N[C@@H]1c1ccccc1Cl. The molecule has 1 aromatic carbocycles. The molecule has 0 radical (unpaired) electrons. The first-order valence-electron chi connectivity index (χ1n) is 11.4. The lowest BCUT2D eigenvalue weighted by Crippen LogP contribution is -2.53. The molecule has 1 saturated heterocycles. The molecule has 8 nitrogen and oxygen atoms in total. The van der Waals surface area contributed by atoms with E-state index in [2.05, 4.69) is 10.2 Å². The molecule has 180 valence electrons. The number of carbonyl (C=O) groups excluding carboxylic acids is 3. The zero-order chi connectivity index (χ0) is 24.1. The number of hydrogen-bond acceptors (Lipinski definition) is 5. The molecule has 3 rings (SSSR count). The van der Waals surface area contributed by atoms with Gasteiger partial charge in [-0.2, -0.15) is 0 Å². The van der Waals surface area contributed by atoms with Crippen LogP contribution in [-0.2, 0) is 14.3 Å². The van der Waals surface area contributed by atoms with Gasteiger partial charge in [0.15, 0.2) is 0 Å². The largest absolute Gasteiger partial charge is 0.463 e. The van der Waals surface area contributed by atoms with Crippen LogP contribution in [-0.4, -0.2) is 79.0 Å².